The Morgan fingerprint density at radius 2 is 1.74 bits per heavy atom. The average Bonchev–Trinajstić information content (AvgIpc) is 2.33. The van der Waals surface area contributed by atoms with Gasteiger partial charge in [-0.25, -0.2) is 8.78 Å². The molecule has 0 amide bonds. The van der Waals surface area contributed by atoms with Gasteiger partial charge in [-0.05, 0) is 49.2 Å². The van der Waals surface area contributed by atoms with Crippen molar-refractivity contribution in [3.05, 3.63) is 63.6 Å². The van der Waals surface area contributed by atoms with Gasteiger partial charge in [-0.2, -0.15) is 0 Å². The summed E-state index contributed by atoms with van der Waals surface area (Å²) in [5.74, 6) is -1.12. The molecular weight excluding hydrogens is 312 g/mol. The second kappa shape index (κ2) is 5.70. The second-order valence-corrected chi connectivity index (χ2v) is 5.34. The van der Waals surface area contributed by atoms with E-state index in [2.05, 4.69) is 21.2 Å². The molecule has 2 aromatic rings. The first-order chi connectivity index (χ1) is 8.97. The van der Waals surface area contributed by atoms with Gasteiger partial charge in [0, 0.05) is 22.3 Å². The van der Waals surface area contributed by atoms with Crippen LogP contribution in [0, 0.1) is 18.6 Å². The third kappa shape index (κ3) is 3.32. The minimum absolute atomic E-state index is 0.182. The van der Waals surface area contributed by atoms with Crippen LogP contribution in [0.25, 0.3) is 0 Å². The number of benzene rings is 2. The standard InChI is InChI=1S/C15H14BrF2N/c1-9-14(16)4-3-5-15(9)19-10(2)11-6-12(17)8-13(18)7-11/h3-8,10,19H,1-2H3. The van der Waals surface area contributed by atoms with Crippen LogP contribution in [0.4, 0.5) is 14.5 Å². The van der Waals surface area contributed by atoms with Crippen LogP contribution < -0.4 is 5.32 Å². The van der Waals surface area contributed by atoms with Crippen molar-refractivity contribution in [3.63, 3.8) is 0 Å². The van der Waals surface area contributed by atoms with Crippen molar-refractivity contribution < 1.29 is 8.78 Å². The molecule has 0 aromatic heterocycles. The third-order valence-corrected chi connectivity index (χ3v) is 3.88. The van der Waals surface area contributed by atoms with E-state index in [4.69, 9.17) is 0 Å². The number of halogens is 3. The monoisotopic (exact) mass is 325 g/mol. The van der Waals surface area contributed by atoms with E-state index >= 15 is 0 Å². The molecule has 1 N–H and O–H groups in total. The SMILES string of the molecule is Cc1c(Br)cccc1NC(C)c1cc(F)cc(F)c1. The molecule has 2 aromatic carbocycles. The highest BCUT2D eigenvalue weighted by atomic mass is 79.9. The maximum absolute atomic E-state index is 13.2. The van der Waals surface area contributed by atoms with E-state index in [0.717, 1.165) is 21.8 Å². The van der Waals surface area contributed by atoms with Gasteiger partial charge in [0.15, 0.2) is 0 Å². The molecule has 0 bridgehead atoms. The quantitative estimate of drug-likeness (QED) is 0.816. The van der Waals surface area contributed by atoms with Gasteiger partial charge in [0.2, 0.25) is 0 Å². The summed E-state index contributed by atoms with van der Waals surface area (Å²) >= 11 is 3.46. The molecule has 4 heteroatoms. The number of hydrogen-bond donors (Lipinski definition) is 1. The molecule has 0 fully saturated rings. The number of rotatable bonds is 3. The number of nitrogens with one attached hydrogen (secondary N) is 1. The Hall–Kier alpha value is -1.42. The van der Waals surface area contributed by atoms with Crippen molar-refractivity contribution in [1.29, 1.82) is 0 Å². The van der Waals surface area contributed by atoms with Crippen LogP contribution in [0.5, 0.6) is 0 Å². The maximum Gasteiger partial charge on any atom is 0.126 e. The van der Waals surface area contributed by atoms with Crippen LogP contribution in [0.3, 0.4) is 0 Å². The first-order valence-electron chi connectivity index (χ1n) is 5.95. The Balaban J connectivity index is 2.25. The summed E-state index contributed by atoms with van der Waals surface area (Å²) in [5, 5.41) is 3.26. The van der Waals surface area contributed by atoms with Crippen molar-refractivity contribution >= 4 is 21.6 Å². The third-order valence-electron chi connectivity index (χ3n) is 3.02. The summed E-state index contributed by atoms with van der Waals surface area (Å²) in [4.78, 5) is 0. The molecule has 0 aliphatic heterocycles. The summed E-state index contributed by atoms with van der Waals surface area (Å²) in [6.45, 7) is 3.85. The van der Waals surface area contributed by atoms with Crippen LogP contribution in [0.1, 0.15) is 24.1 Å². The number of anilines is 1. The Morgan fingerprint density at radius 1 is 1.11 bits per heavy atom. The van der Waals surface area contributed by atoms with Crippen molar-refractivity contribution in [1.82, 2.24) is 0 Å². The van der Waals surface area contributed by atoms with Crippen molar-refractivity contribution in [2.45, 2.75) is 19.9 Å². The summed E-state index contributed by atoms with van der Waals surface area (Å²) in [7, 11) is 0. The van der Waals surface area contributed by atoms with E-state index < -0.39 is 11.6 Å². The van der Waals surface area contributed by atoms with Gasteiger partial charge < -0.3 is 5.32 Å². The average molecular weight is 326 g/mol. The fourth-order valence-corrected chi connectivity index (χ4v) is 2.27. The van der Waals surface area contributed by atoms with Crippen LogP contribution >= 0.6 is 15.9 Å². The van der Waals surface area contributed by atoms with Crippen LogP contribution in [-0.2, 0) is 0 Å². The Morgan fingerprint density at radius 3 is 2.37 bits per heavy atom. The molecule has 0 heterocycles. The van der Waals surface area contributed by atoms with Gasteiger partial charge in [0.25, 0.3) is 0 Å². The van der Waals surface area contributed by atoms with Crippen LogP contribution in [-0.4, -0.2) is 0 Å². The Labute approximate surface area is 119 Å². The van der Waals surface area contributed by atoms with Gasteiger partial charge in [-0.3, -0.25) is 0 Å². The minimum atomic E-state index is -0.561. The highest BCUT2D eigenvalue weighted by Crippen LogP contribution is 2.27. The molecule has 1 nitrogen and oxygen atoms in total. The fourth-order valence-electron chi connectivity index (χ4n) is 1.91. The molecule has 2 rings (SSSR count). The predicted octanol–water partition coefficient (Wildman–Crippen LogP) is 5.21. The zero-order chi connectivity index (χ0) is 14.0. The van der Waals surface area contributed by atoms with Gasteiger partial charge >= 0.3 is 0 Å². The Bertz CT molecular complexity index is 578. The Kier molecular flexibility index (Phi) is 4.20. The molecule has 19 heavy (non-hydrogen) atoms. The minimum Gasteiger partial charge on any atom is -0.378 e. The predicted molar refractivity (Wildman–Crippen MR) is 77.3 cm³/mol. The van der Waals surface area contributed by atoms with E-state index in [1.165, 1.54) is 12.1 Å². The molecule has 0 spiro atoms. The highest BCUT2D eigenvalue weighted by molar-refractivity contribution is 9.10. The van der Waals surface area contributed by atoms with E-state index in [1.807, 2.05) is 32.0 Å². The topological polar surface area (TPSA) is 12.0 Å². The first kappa shape index (κ1) is 14.0. The molecule has 0 aliphatic rings. The molecule has 1 unspecified atom stereocenters. The smallest absolute Gasteiger partial charge is 0.126 e. The number of hydrogen-bond acceptors (Lipinski definition) is 1. The summed E-state index contributed by atoms with van der Waals surface area (Å²) in [5.41, 5.74) is 2.58. The first-order valence-corrected chi connectivity index (χ1v) is 6.74. The zero-order valence-electron chi connectivity index (χ0n) is 10.7. The lowest BCUT2D eigenvalue weighted by Crippen LogP contribution is -2.08. The van der Waals surface area contributed by atoms with E-state index in [-0.39, 0.29) is 6.04 Å². The van der Waals surface area contributed by atoms with Gasteiger partial charge in [0.05, 0.1) is 0 Å². The molecular formula is C15H14BrF2N. The van der Waals surface area contributed by atoms with Crippen LogP contribution in [0.15, 0.2) is 40.9 Å². The fraction of sp³-hybridized carbons (Fsp3) is 0.200. The van der Waals surface area contributed by atoms with Crippen molar-refractivity contribution in [2.24, 2.45) is 0 Å². The van der Waals surface area contributed by atoms with E-state index in [1.54, 1.807) is 0 Å². The lowest BCUT2D eigenvalue weighted by Gasteiger charge is -2.18. The summed E-state index contributed by atoms with van der Waals surface area (Å²) < 4.78 is 27.4. The van der Waals surface area contributed by atoms with Gasteiger partial charge in [-0.1, -0.05) is 22.0 Å². The largest absolute Gasteiger partial charge is 0.378 e. The van der Waals surface area contributed by atoms with Gasteiger partial charge in [-0.15, -0.1) is 0 Å². The molecule has 0 saturated heterocycles. The second-order valence-electron chi connectivity index (χ2n) is 4.48. The van der Waals surface area contributed by atoms with E-state index in [0.29, 0.717) is 5.56 Å². The van der Waals surface area contributed by atoms with Gasteiger partial charge in [0.1, 0.15) is 11.6 Å². The molecule has 0 saturated carbocycles. The normalized spacial score (nSPS) is 12.3. The highest BCUT2D eigenvalue weighted by Gasteiger charge is 2.10. The lowest BCUT2D eigenvalue weighted by atomic mass is 10.1. The summed E-state index contributed by atoms with van der Waals surface area (Å²) in [6.07, 6.45) is 0. The zero-order valence-corrected chi connectivity index (χ0v) is 12.3. The van der Waals surface area contributed by atoms with Crippen LogP contribution in [0.2, 0.25) is 0 Å². The molecule has 0 aliphatic carbocycles. The lowest BCUT2D eigenvalue weighted by molar-refractivity contribution is 0.577. The van der Waals surface area contributed by atoms with Crippen molar-refractivity contribution in [3.8, 4) is 0 Å². The molecule has 0 radical (unpaired) electrons. The molecule has 1 atom stereocenters. The summed E-state index contributed by atoms with van der Waals surface area (Å²) in [6, 6.07) is 9.18. The van der Waals surface area contributed by atoms with Crippen molar-refractivity contribution in [2.75, 3.05) is 5.32 Å². The molecule has 100 valence electrons. The maximum atomic E-state index is 13.2. The van der Waals surface area contributed by atoms with E-state index in [9.17, 15) is 8.78 Å².